The number of halogens is 1. The molecule has 0 aromatic heterocycles. The second-order valence-electron chi connectivity index (χ2n) is 4.01. The van der Waals surface area contributed by atoms with E-state index in [2.05, 4.69) is 5.32 Å². The summed E-state index contributed by atoms with van der Waals surface area (Å²) in [4.78, 5) is 11.5. The number of sulfone groups is 1. The Hall–Kier alpha value is -0.290. The van der Waals surface area contributed by atoms with E-state index in [0.717, 1.165) is 0 Å². The van der Waals surface area contributed by atoms with Gasteiger partial charge in [0, 0.05) is 18.2 Å². The average molecular weight is 256 g/mol. The molecule has 0 spiro atoms. The Morgan fingerprint density at radius 3 is 2.33 bits per heavy atom. The fourth-order valence-corrected chi connectivity index (χ4v) is 1.59. The number of hydrogen-bond donors (Lipinski definition) is 1. The van der Waals surface area contributed by atoms with Crippen LogP contribution in [0.1, 0.15) is 20.8 Å². The second kappa shape index (κ2) is 5.70. The van der Waals surface area contributed by atoms with Gasteiger partial charge in [0.25, 0.3) is 0 Å². The first-order valence-corrected chi connectivity index (χ1v) is 7.15. The van der Waals surface area contributed by atoms with Crippen molar-refractivity contribution >= 4 is 27.3 Å². The van der Waals surface area contributed by atoms with E-state index >= 15 is 0 Å². The van der Waals surface area contributed by atoms with E-state index in [4.69, 9.17) is 11.6 Å². The van der Waals surface area contributed by atoms with Gasteiger partial charge in [0.15, 0.2) is 9.84 Å². The molecular weight excluding hydrogens is 238 g/mol. The van der Waals surface area contributed by atoms with E-state index in [-0.39, 0.29) is 29.8 Å². The predicted octanol–water partition coefficient (Wildman–Crippen LogP) is 0.802. The molecule has 0 aliphatic heterocycles. The van der Waals surface area contributed by atoms with Gasteiger partial charge in [-0.3, -0.25) is 4.79 Å². The van der Waals surface area contributed by atoms with Crippen LogP contribution in [0.25, 0.3) is 0 Å². The lowest BCUT2D eigenvalue weighted by Gasteiger charge is -2.20. The van der Waals surface area contributed by atoms with Crippen LogP contribution in [0.2, 0.25) is 0 Å². The highest BCUT2D eigenvalue weighted by Gasteiger charge is 2.26. The van der Waals surface area contributed by atoms with Crippen LogP contribution < -0.4 is 5.32 Å². The van der Waals surface area contributed by atoms with Crippen LogP contribution in [-0.2, 0) is 14.6 Å². The third kappa shape index (κ3) is 5.37. The van der Waals surface area contributed by atoms with Crippen LogP contribution in [0.15, 0.2) is 0 Å². The summed E-state index contributed by atoms with van der Waals surface area (Å²) in [6, 6.07) is 0. The van der Waals surface area contributed by atoms with Gasteiger partial charge in [-0.15, -0.1) is 11.6 Å². The molecule has 0 atom stereocenters. The molecule has 6 heteroatoms. The number of carbonyl (C=O) groups is 1. The maximum Gasteiger partial charge on any atom is 0.226 e. The van der Waals surface area contributed by atoms with Crippen LogP contribution in [0.3, 0.4) is 0 Å². The molecule has 0 radical (unpaired) electrons. The minimum Gasteiger partial charge on any atom is -0.355 e. The largest absolute Gasteiger partial charge is 0.355 e. The predicted molar refractivity (Wildman–Crippen MR) is 61.8 cm³/mol. The van der Waals surface area contributed by atoms with Crippen molar-refractivity contribution in [1.82, 2.24) is 5.32 Å². The summed E-state index contributed by atoms with van der Waals surface area (Å²) >= 11 is 5.61. The van der Waals surface area contributed by atoms with Crippen LogP contribution in [0.5, 0.6) is 0 Å². The van der Waals surface area contributed by atoms with Gasteiger partial charge in [0.2, 0.25) is 5.91 Å². The van der Waals surface area contributed by atoms with Gasteiger partial charge in [0.05, 0.1) is 11.2 Å². The van der Waals surface area contributed by atoms with E-state index in [1.165, 1.54) is 0 Å². The summed E-state index contributed by atoms with van der Waals surface area (Å²) in [5, 5.41) is 2.56. The van der Waals surface area contributed by atoms with Gasteiger partial charge >= 0.3 is 0 Å². The monoisotopic (exact) mass is 255 g/mol. The zero-order valence-electron chi connectivity index (χ0n) is 9.34. The minimum absolute atomic E-state index is 0.0202. The Labute approximate surface area is 96.3 Å². The molecule has 1 amide bonds. The summed E-state index contributed by atoms with van der Waals surface area (Å²) in [6.45, 7) is 5.16. The van der Waals surface area contributed by atoms with Crippen molar-refractivity contribution in [1.29, 1.82) is 0 Å². The standard InChI is InChI=1S/C9H18ClNO3S/c1-4-15(13,14)6-5-11-8(12)9(2,3)7-10/h4-7H2,1-3H3,(H,11,12). The van der Waals surface area contributed by atoms with Crippen molar-refractivity contribution < 1.29 is 13.2 Å². The van der Waals surface area contributed by atoms with Crippen molar-refractivity contribution in [3.63, 3.8) is 0 Å². The quantitative estimate of drug-likeness (QED) is 0.715. The fourth-order valence-electron chi connectivity index (χ4n) is 0.764. The minimum atomic E-state index is -3.02. The molecule has 0 fully saturated rings. The Bertz CT molecular complexity index is 311. The topological polar surface area (TPSA) is 63.2 Å². The number of alkyl halides is 1. The number of amides is 1. The maximum absolute atomic E-state index is 11.5. The molecule has 1 N–H and O–H groups in total. The molecule has 0 aromatic carbocycles. The summed E-state index contributed by atoms with van der Waals surface area (Å²) in [7, 11) is -3.02. The van der Waals surface area contributed by atoms with Crippen molar-refractivity contribution in [3.05, 3.63) is 0 Å². The van der Waals surface area contributed by atoms with Crippen LogP contribution >= 0.6 is 11.6 Å². The van der Waals surface area contributed by atoms with Crippen molar-refractivity contribution in [2.24, 2.45) is 5.41 Å². The first kappa shape index (κ1) is 14.7. The van der Waals surface area contributed by atoms with Crippen molar-refractivity contribution in [2.45, 2.75) is 20.8 Å². The molecule has 0 bridgehead atoms. The van der Waals surface area contributed by atoms with E-state index in [1.807, 2.05) is 0 Å². The average Bonchev–Trinajstić information content (AvgIpc) is 2.17. The Morgan fingerprint density at radius 1 is 1.40 bits per heavy atom. The summed E-state index contributed by atoms with van der Waals surface area (Å²) in [5.41, 5.74) is -0.655. The Morgan fingerprint density at radius 2 is 1.93 bits per heavy atom. The molecule has 0 aliphatic carbocycles. The second-order valence-corrected chi connectivity index (χ2v) is 6.75. The van der Waals surface area contributed by atoms with E-state index in [9.17, 15) is 13.2 Å². The fraction of sp³-hybridized carbons (Fsp3) is 0.889. The lowest BCUT2D eigenvalue weighted by atomic mass is 9.95. The van der Waals surface area contributed by atoms with Crippen LogP contribution in [-0.4, -0.2) is 38.3 Å². The number of rotatable bonds is 6. The van der Waals surface area contributed by atoms with Gasteiger partial charge in [-0.05, 0) is 13.8 Å². The SMILES string of the molecule is CCS(=O)(=O)CCNC(=O)C(C)(C)CCl. The summed E-state index contributed by atoms with van der Waals surface area (Å²) < 4.78 is 22.2. The molecule has 0 unspecified atom stereocenters. The third-order valence-corrected chi connectivity index (χ3v) is 4.46. The van der Waals surface area contributed by atoms with Gasteiger partial charge in [-0.1, -0.05) is 6.92 Å². The molecule has 0 aromatic rings. The van der Waals surface area contributed by atoms with E-state index in [0.29, 0.717) is 0 Å². The van der Waals surface area contributed by atoms with Gasteiger partial charge in [-0.2, -0.15) is 0 Å². The number of carbonyl (C=O) groups excluding carboxylic acids is 1. The molecule has 0 aliphatic rings. The first-order chi connectivity index (χ1) is 6.75. The molecule has 0 saturated carbocycles. The first-order valence-electron chi connectivity index (χ1n) is 4.80. The number of nitrogens with one attached hydrogen (secondary N) is 1. The summed E-state index contributed by atoms with van der Waals surface area (Å²) in [6.07, 6.45) is 0. The van der Waals surface area contributed by atoms with Crippen LogP contribution in [0, 0.1) is 5.41 Å². The molecule has 0 heterocycles. The lowest BCUT2D eigenvalue weighted by molar-refractivity contribution is -0.128. The van der Waals surface area contributed by atoms with Gasteiger partial charge in [0.1, 0.15) is 0 Å². The summed E-state index contributed by atoms with van der Waals surface area (Å²) in [5.74, 6) is 0.0677. The molecule has 0 rings (SSSR count). The molecule has 90 valence electrons. The van der Waals surface area contributed by atoms with E-state index < -0.39 is 15.3 Å². The molecule has 0 saturated heterocycles. The van der Waals surface area contributed by atoms with Crippen molar-refractivity contribution in [2.75, 3.05) is 23.9 Å². The normalized spacial score (nSPS) is 12.5. The Kier molecular flexibility index (Phi) is 5.59. The highest BCUT2D eigenvalue weighted by Crippen LogP contribution is 2.16. The molecule has 15 heavy (non-hydrogen) atoms. The zero-order chi connectivity index (χ0) is 12.1. The lowest BCUT2D eigenvalue weighted by Crippen LogP contribution is -2.40. The van der Waals surface area contributed by atoms with Gasteiger partial charge < -0.3 is 5.32 Å². The number of hydrogen-bond acceptors (Lipinski definition) is 3. The smallest absolute Gasteiger partial charge is 0.226 e. The van der Waals surface area contributed by atoms with Crippen molar-refractivity contribution in [3.8, 4) is 0 Å². The maximum atomic E-state index is 11.5. The Balaban J connectivity index is 4.04. The highest BCUT2D eigenvalue weighted by atomic mass is 35.5. The van der Waals surface area contributed by atoms with E-state index in [1.54, 1.807) is 20.8 Å². The highest BCUT2D eigenvalue weighted by molar-refractivity contribution is 7.91. The van der Waals surface area contributed by atoms with Crippen LogP contribution in [0.4, 0.5) is 0 Å². The third-order valence-electron chi connectivity index (χ3n) is 2.09. The molecule has 4 nitrogen and oxygen atoms in total. The molecular formula is C9H18ClNO3S. The zero-order valence-corrected chi connectivity index (χ0v) is 10.9. The van der Waals surface area contributed by atoms with Gasteiger partial charge in [-0.25, -0.2) is 8.42 Å².